The van der Waals surface area contributed by atoms with Gasteiger partial charge in [0, 0.05) is 12.6 Å². The molecular weight excluding hydrogens is 334 g/mol. The van der Waals surface area contributed by atoms with E-state index in [0.29, 0.717) is 16.7 Å². The minimum Gasteiger partial charge on any atom is -0.206 e. The lowest BCUT2D eigenvalue weighted by atomic mass is 10.2. The van der Waals surface area contributed by atoms with Gasteiger partial charge in [-0.25, -0.2) is 8.42 Å². The average Bonchev–Trinajstić information content (AvgIpc) is 3.02. The van der Waals surface area contributed by atoms with E-state index >= 15 is 0 Å². The zero-order valence-electron chi connectivity index (χ0n) is 10.8. The molecule has 6 heteroatoms. The van der Waals surface area contributed by atoms with Crippen LogP contribution in [-0.2, 0) is 10.0 Å². The van der Waals surface area contributed by atoms with Gasteiger partial charge in [0.1, 0.15) is 4.21 Å². The van der Waals surface area contributed by atoms with Gasteiger partial charge >= 0.3 is 0 Å². The van der Waals surface area contributed by atoms with Crippen LogP contribution in [-0.4, -0.2) is 25.3 Å². The summed E-state index contributed by atoms with van der Waals surface area (Å²) in [7, 11) is -3.31. The van der Waals surface area contributed by atoms with Crippen molar-refractivity contribution in [2.45, 2.75) is 43.9 Å². The number of thiophene rings is 1. The summed E-state index contributed by atoms with van der Waals surface area (Å²) in [6.07, 6.45) is 1.99. The van der Waals surface area contributed by atoms with E-state index in [-0.39, 0.29) is 6.04 Å². The van der Waals surface area contributed by atoms with Crippen molar-refractivity contribution >= 4 is 37.3 Å². The molecule has 0 unspecified atom stereocenters. The Bertz CT molecular complexity index is 513. The number of hydrogen-bond donors (Lipinski definition) is 0. The van der Waals surface area contributed by atoms with E-state index in [1.807, 2.05) is 6.92 Å². The maximum atomic E-state index is 12.6. The van der Waals surface area contributed by atoms with Crippen molar-refractivity contribution in [3.8, 4) is 0 Å². The zero-order valence-corrected chi connectivity index (χ0v) is 14.0. The molecule has 0 saturated heterocycles. The standard InChI is InChI=1S/C12H18BrNO2S2/c1-8(2)7-14(10-4-5-10)18(15,16)11-6-9(3)12(13)17-11/h6,8,10H,4-5,7H2,1-3H3. The van der Waals surface area contributed by atoms with Crippen LogP contribution >= 0.6 is 27.3 Å². The molecule has 0 aromatic carbocycles. The second-order valence-corrected chi connectivity index (χ2v) is 9.71. The number of sulfonamides is 1. The Morgan fingerprint density at radius 2 is 2.11 bits per heavy atom. The summed E-state index contributed by atoms with van der Waals surface area (Å²) in [4.78, 5) is 0. The van der Waals surface area contributed by atoms with E-state index in [0.717, 1.165) is 22.2 Å². The van der Waals surface area contributed by atoms with Crippen LogP contribution in [0.1, 0.15) is 32.3 Å². The van der Waals surface area contributed by atoms with E-state index in [9.17, 15) is 8.42 Å². The van der Waals surface area contributed by atoms with Crippen LogP contribution in [0.5, 0.6) is 0 Å². The van der Waals surface area contributed by atoms with Gasteiger partial charge in [-0.05, 0) is 53.2 Å². The second-order valence-electron chi connectivity index (χ2n) is 5.22. The highest BCUT2D eigenvalue weighted by Gasteiger charge is 2.39. The number of rotatable bonds is 5. The maximum absolute atomic E-state index is 12.6. The lowest BCUT2D eigenvalue weighted by molar-refractivity contribution is 0.361. The summed E-state index contributed by atoms with van der Waals surface area (Å²) in [5.74, 6) is 0.352. The monoisotopic (exact) mass is 351 g/mol. The molecule has 1 saturated carbocycles. The Morgan fingerprint density at radius 3 is 2.50 bits per heavy atom. The van der Waals surface area contributed by atoms with Gasteiger partial charge < -0.3 is 0 Å². The Balaban J connectivity index is 2.32. The van der Waals surface area contributed by atoms with Crippen molar-refractivity contribution in [2.24, 2.45) is 5.92 Å². The minimum atomic E-state index is -3.31. The molecule has 1 fully saturated rings. The van der Waals surface area contributed by atoms with E-state index in [4.69, 9.17) is 0 Å². The van der Waals surface area contributed by atoms with Crippen LogP contribution in [0.2, 0.25) is 0 Å². The third kappa shape index (κ3) is 2.98. The smallest absolute Gasteiger partial charge is 0.206 e. The molecule has 0 atom stereocenters. The Kier molecular flexibility index (Phi) is 4.21. The average molecular weight is 352 g/mol. The topological polar surface area (TPSA) is 37.4 Å². The summed E-state index contributed by atoms with van der Waals surface area (Å²) >= 11 is 4.71. The van der Waals surface area contributed by atoms with Gasteiger partial charge in [-0.15, -0.1) is 11.3 Å². The van der Waals surface area contributed by atoms with Crippen LogP contribution < -0.4 is 0 Å². The third-order valence-electron chi connectivity index (χ3n) is 2.90. The SMILES string of the molecule is Cc1cc(S(=O)(=O)N(CC(C)C)C2CC2)sc1Br. The fourth-order valence-electron chi connectivity index (χ4n) is 1.84. The molecule has 0 amide bonds. The van der Waals surface area contributed by atoms with E-state index < -0.39 is 10.0 Å². The number of aryl methyl sites for hydroxylation is 1. The molecule has 1 aromatic rings. The second kappa shape index (κ2) is 5.23. The zero-order chi connectivity index (χ0) is 13.5. The van der Waals surface area contributed by atoms with Crippen molar-refractivity contribution in [1.82, 2.24) is 4.31 Å². The van der Waals surface area contributed by atoms with Crippen LogP contribution in [0.25, 0.3) is 0 Å². The normalized spacial score (nSPS) is 16.8. The molecule has 102 valence electrons. The van der Waals surface area contributed by atoms with Crippen molar-refractivity contribution in [3.05, 3.63) is 15.4 Å². The fourth-order valence-corrected chi connectivity index (χ4v) is 6.04. The highest BCUT2D eigenvalue weighted by Crippen LogP contribution is 2.37. The molecule has 0 bridgehead atoms. The molecular formula is C12H18BrNO2S2. The molecule has 0 N–H and O–H groups in total. The maximum Gasteiger partial charge on any atom is 0.252 e. The van der Waals surface area contributed by atoms with Crippen LogP contribution in [0.4, 0.5) is 0 Å². The first kappa shape index (κ1) is 14.5. The Labute approximate surface area is 121 Å². The van der Waals surface area contributed by atoms with E-state index in [2.05, 4.69) is 29.8 Å². The Hall–Kier alpha value is 0.0900. The number of hydrogen-bond acceptors (Lipinski definition) is 3. The molecule has 3 nitrogen and oxygen atoms in total. The van der Waals surface area contributed by atoms with Gasteiger partial charge in [-0.2, -0.15) is 4.31 Å². The number of nitrogens with zero attached hydrogens (tertiary/aromatic N) is 1. The summed E-state index contributed by atoms with van der Waals surface area (Å²) in [5.41, 5.74) is 0.985. The quantitative estimate of drug-likeness (QED) is 0.812. The van der Waals surface area contributed by atoms with Gasteiger partial charge in [-0.3, -0.25) is 0 Å². The summed E-state index contributed by atoms with van der Waals surface area (Å²) in [5, 5.41) is 0. The first-order chi connectivity index (χ1) is 8.32. The molecule has 1 aliphatic rings. The summed E-state index contributed by atoms with van der Waals surface area (Å²) in [6.45, 7) is 6.64. The largest absolute Gasteiger partial charge is 0.252 e. The summed E-state index contributed by atoms with van der Waals surface area (Å²) < 4.78 is 28.3. The highest BCUT2D eigenvalue weighted by atomic mass is 79.9. The molecule has 0 aliphatic heterocycles. The Morgan fingerprint density at radius 1 is 1.50 bits per heavy atom. The first-order valence-corrected chi connectivity index (χ1v) is 9.15. The first-order valence-electron chi connectivity index (χ1n) is 6.10. The van der Waals surface area contributed by atoms with Crippen molar-refractivity contribution < 1.29 is 8.42 Å². The lowest BCUT2D eigenvalue weighted by Gasteiger charge is -2.22. The highest BCUT2D eigenvalue weighted by molar-refractivity contribution is 9.11. The molecule has 18 heavy (non-hydrogen) atoms. The van der Waals surface area contributed by atoms with Gasteiger partial charge in [0.15, 0.2) is 0 Å². The molecule has 0 radical (unpaired) electrons. The molecule has 0 spiro atoms. The van der Waals surface area contributed by atoms with Crippen LogP contribution in [0.15, 0.2) is 14.1 Å². The predicted octanol–water partition coefficient (Wildman–Crippen LogP) is 3.63. The van der Waals surface area contributed by atoms with Crippen molar-refractivity contribution in [3.63, 3.8) is 0 Å². The lowest BCUT2D eigenvalue weighted by Crippen LogP contribution is -2.35. The van der Waals surface area contributed by atoms with Gasteiger partial charge in [0.05, 0.1) is 3.79 Å². The van der Waals surface area contributed by atoms with E-state index in [1.54, 1.807) is 10.4 Å². The molecule has 1 heterocycles. The third-order valence-corrected chi connectivity index (χ3v) is 7.40. The van der Waals surface area contributed by atoms with Gasteiger partial charge in [0.25, 0.3) is 10.0 Å². The molecule has 1 aliphatic carbocycles. The minimum absolute atomic E-state index is 0.221. The number of halogens is 1. The predicted molar refractivity (Wildman–Crippen MR) is 78.5 cm³/mol. The molecule has 2 rings (SSSR count). The van der Waals surface area contributed by atoms with Gasteiger partial charge in [0.2, 0.25) is 0 Å². The van der Waals surface area contributed by atoms with Gasteiger partial charge in [-0.1, -0.05) is 13.8 Å². The summed E-state index contributed by atoms with van der Waals surface area (Å²) in [6, 6.07) is 1.98. The van der Waals surface area contributed by atoms with Crippen molar-refractivity contribution in [1.29, 1.82) is 0 Å². The van der Waals surface area contributed by atoms with Crippen molar-refractivity contribution in [2.75, 3.05) is 6.54 Å². The molecule has 1 aromatic heterocycles. The fraction of sp³-hybridized carbons (Fsp3) is 0.667. The van der Waals surface area contributed by atoms with E-state index in [1.165, 1.54) is 11.3 Å². The van der Waals surface area contributed by atoms with Crippen LogP contribution in [0.3, 0.4) is 0 Å². The van der Waals surface area contributed by atoms with Crippen LogP contribution in [0, 0.1) is 12.8 Å².